The zero-order valence-electron chi connectivity index (χ0n) is 9.86. The third kappa shape index (κ3) is 1.96. The lowest BCUT2D eigenvalue weighted by molar-refractivity contribution is 0.390. The number of halogens is 2. The van der Waals surface area contributed by atoms with Gasteiger partial charge in [0, 0.05) is 11.9 Å². The van der Waals surface area contributed by atoms with Crippen LogP contribution in [0, 0.1) is 20.8 Å². The number of rotatable bonds is 2. The second-order valence-corrected chi connectivity index (χ2v) is 7.23. The Kier molecular flexibility index (Phi) is 3.46. The number of aromatic nitrogens is 2. The van der Waals surface area contributed by atoms with Crippen LogP contribution in [-0.2, 0) is 10.0 Å². The van der Waals surface area contributed by atoms with Crippen molar-refractivity contribution in [3.63, 3.8) is 0 Å². The molecular formula is C10H10Br2N2O3S. The maximum Gasteiger partial charge on any atom is 0.273 e. The van der Waals surface area contributed by atoms with Crippen molar-refractivity contribution in [2.45, 2.75) is 25.7 Å². The Morgan fingerprint density at radius 3 is 2.28 bits per heavy atom. The predicted molar refractivity (Wildman–Crippen MR) is 73.1 cm³/mol. The lowest BCUT2D eigenvalue weighted by Gasteiger charge is -2.07. The van der Waals surface area contributed by atoms with Crippen LogP contribution in [0.25, 0.3) is 0 Å². The van der Waals surface area contributed by atoms with Crippen LogP contribution < -0.4 is 0 Å². The molecule has 0 unspecified atom stereocenters. The van der Waals surface area contributed by atoms with Gasteiger partial charge in [0.1, 0.15) is 5.69 Å². The van der Waals surface area contributed by atoms with Gasteiger partial charge in [-0.3, -0.25) is 0 Å². The molecule has 0 N–H and O–H groups in total. The van der Waals surface area contributed by atoms with Gasteiger partial charge in [0.25, 0.3) is 10.0 Å². The predicted octanol–water partition coefficient (Wildman–Crippen LogP) is 3.16. The van der Waals surface area contributed by atoms with Gasteiger partial charge in [-0.15, -0.1) is 0 Å². The summed E-state index contributed by atoms with van der Waals surface area (Å²) >= 11 is 6.61. The SMILES string of the molecule is Cc1noc(C)c1S(=O)(=O)n1cc(Br)c(Br)c1C. The Bertz CT molecular complexity index is 696. The summed E-state index contributed by atoms with van der Waals surface area (Å²) in [5.41, 5.74) is 0.940. The van der Waals surface area contributed by atoms with E-state index in [0.717, 1.165) is 0 Å². The van der Waals surface area contributed by atoms with Gasteiger partial charge in [0.05, 0.1) is 8.95 Å². The van der Waals surface area contributed by atoms with Gasteiger partial charge in [-0.25, -0.2) is 12.4 Å². The molecule has 0 fully saturated rings. The number of hydrogen-bond acceptors (Lipinski definition) is 4. The van der Waals surface area contributed by atoms with Crippen molar-refractivity contribution < 1.29 is 12.9 Å². The summed E-state index contributed by atoms with van der Waals surface area (Å²) in [5.74, 6) is 0.285. The van der Waals surface area contributed by atoms with Gasteiger partial charge in [-0.1, -0.05) is 5.16 Å². The molecule has 0 aliphatic rings. The van der Waals surface area contributed by atoms with E-state index in [0.29, 0.717) is 20.3 Å². The van der Waals surface area contributed by atoms with E-state index in [4.69, 9.17) is 4.52 Å². The molecule has 2 aromatic heterocycles. The second kappa shape index (κ2) is 4.50. The fourth-order valence-electron chi connectivity index (χ4n) is 1.72. The van der Waals surface area contributed by atoms with Crippen LogP contribution >= 0.6 is 31.9 Å². The molecule has 8 heteroatoms. The van der Waals surface area contributed by atoms with Crippen molar-refractivity contribution in [3.8, 4) is 0 Å². The van der Waals surface area contributed by atoms with E-state index in [1.54, 1.807) is 20.8 Å². The van der Waals surface area contributed by atoms with Crippen molar-refractivity contribution >= 4 is 41.9 Å². The zero-order chi connectivity index (χ0) is 13.7. The topological polar surface area (TPSA) is 65.1 Å². The van der Waals surface area contributed by atoms with E-state index >= 15 is 0 Å². The van der Waals surface area contributed by atoms with Crippen LogP contribution in [0.1, 0.15) is 17.1 Å². The molecule has 2 aromatic rings. The summed E-state index contributed by atoms with van der Waals surface area (Å²) in [6.07, 6.45) is 1.50. The van der Waals surface area contributed by atoms with Crippen LogP contribution in [-0.4, -0.2) is 17.5 Å². The molecule has 0 radical (unpaired) electrons. The molecule has 0 bridgehead atoms. The van der Waals surface area contributed by atoms with Gasteiger partial charge < -0.3 is 4.52 Å². The first-order chi connectivity index (χ1) is 8.26. The van der Waals surface area contributed by atoms with Crippen molar-refractivity contribution in [1.29, 1.82) is 0 Å². The summed E-state index contributed by atoms with van der Waals surface area (Å²) in [6, 6.07) is 0. The minimum Gasteiger partial charge on any atom is -0.360 e. The molecule has 0 aliphatic heterocycles. The average molecular weight is 398 g/mol. The summed E-state index contributed by atoms with van der Waals surface area (Å²) < 4.78 is 32.6. The number of hydrogen-bond donors (Lipinski definition) is 0. The third-order valence-corrected chi connectivity index (χ3v) is 6.70. The summed E-state index contributed by atoms with van der Waals surface area (Å²) in [7, 11) is -3.69. The van der Waals surface area contributed by atoms with Crippen LogP contribution in [0.4, 0.5) is 0 Å². The van der Waals surface area contributed by atoms with Crippen LogP contribution in [0.2, 0.25) is 0 Å². The first-order valence-corrected chi connectivity index (χ1v) is 8.00. The van der Waals surface area contributed by atoms with E-state index in [1.165, 1.54) is 10.2 Å². The molecule has 5 nitrogen and oxygen atoms in total. The average Bonchev–Trinajstić information content (AvgIpc) is 2.74. The minimum atomic E-state index is -3.69. The lowest BCUT2D eigenvalue weighted by Crippen LogP contribution is -2.14. The van der Waals surface area contributed by atoms with Crippen molar-refractivity contribution in [1.82, 2.24) is 9.13 Å². The molecule has 98 valence electrons. The van der Waals surface area contributed by atoms with Gasteiger partial charge in [-0.05, 0) is 52.6 Å². The Labute approximate surface area is 121 Å². The highest BCUT2D eigenvalue weighted by Gasteiger charge is 2.28. The summed E-state index contributed by atoms with van der Waals surface area (Å²) in [4.78, 5) is 0.112. The van der Waals surface area contributed by atoms with Gasteiger partial charge >= 0.3 is 0 Å². The maximum absolute atomic E-state index is 12.5. The van der Waals surface area contributed by atoms with E-state index in [1.807, 2.05) is 0 Å². The molecule has 2 rings (SSSR count). The molecule has 0 saturated carbocycles. The minimum absolute atomic E-state index is 0.112. The van der Waals surface area contributed by atoms with Crippen molar-refractivity contribution in [3.05, 3.63) is 32.3 Å². The first kappa shape index (κ1) is 13.8. The van der Waals surface area contributed by atoms with Gasteiger partial charge in [-0.2, -0.15) is 0 Å². The Balaban J connectivity index is 2.74. The highest BCUT2D eigenvalue weighted by atomic mass is 79.9. The van der Waals surface area contributed by atoms with Crippen LogP contribution in [0.15, 0.2) is 24.6 Å². The van der Waals surface area contributed by atoms with Gasteiger partial charge in [0.15, 0.2) is 10.7 Å². The molecule has 0 saturated heterocycles. The quantitative estimate of drug-likeness (QED) is 0.780. The molecule has 0 aromatic carbocycles. The van der Waals surface area contributed by atoms with Crippen LogP contribution in [0.5, 0.6) is 0 Å². The fraction of sp³-hybridized carbons (Fsp3) is 0.300. The highest BCUT2D eigenvalue weighted by Crippen LogP contribution is 2.32. The number of nitrogens with zero attached hydrogens (tertiary/aromatic N) is 2. The molecule has 0 amide bonds. The van der Waals surface area contributed by atoms with Crippen molar-refractivity contribution in [2.24, 2.45) is 0 Å². The summed E-state index contributed by atoms with van der Waals surface area (Å²) in [6.45, 7) is 4.90. The lowest BCUT2D eigenvalue weighted by atomic mass is 10.4. The van der Waals surface area contributed by atoms with Crippen LogP contribution in [0.3, 0.4) is 0 Å². The molecular weight excluding hydrogens is 388 g/mol. The summed E-state index contributed by atoms with van der Waals surface area (Å²) in [5, 5.41) is 3.68. The Hall–Kier alpha value is -0.600. The first-order valence-electron chi connectivity index (χ1n) is 4.98. The molecule has 0 aliphatic carbocycles. The molecule has 2 heterocycles. The molecule has 0 spiro atoms. The normalized spacial score (nSPS) is 12.1. The largest absolute Gasteiger partial charge is 0.360 e. The van der Waals surface area contributed by atoms with E-state index < -0.39 is 10.0 Å². The molecule has 18 heavy (non-hydrogen) atoms. The zero-order valence-corrected chi connectivity index (χ0v) is 13.8. The van der Waals surface area contributed by atoms with E-state index in [-0.39, 0.29) is 10.7 Å². The smallest absolute Gasteiger partial charge is 0.273 e. The van der Waals surface area contributed by atoms with E-state index in [9.17, 15) is 8.42 Å². The second-order valence-electron chi connectivity index (χ2n) is 3.83. The molecule has 0 atom stereocenters. The van der Waals surface area contributed by atoms with Crippen molar-refractivity contribution in [2.75, 3.05) is 0 Å². The van der Waals surface area contributed by atoms with Gasteiger partial charge in [0.2, 0.25) is 0 Å². The Morgan fingerprint density at radius 2 is 1.89 bits per heavy atom. The Morgan fingerprint density at radius 1 is 1.28 bits per heavy atom. The fourth-order valence-corrected chi connectivity index (χ4v) is 4.46. The third-order valence-electron chi connectivity index (χ3n) is 2.57. The monoisotopic (exact) mass is 396 g/mol. The standard InChI is InChI=1S/C10H10Br2N2O3S/c1-5-10(7(3)17-13-5)18(15,16)14-4-8(11)9(12)6(14)2/h4H,1-3H3. The highest BCUT2D eigenvalue weighted by molar-refractivity contribution is 9.13. The van der Waals surface area contributed by atoms with E-state index in [2.05, 4.69) is 37.0 Å². The number of aryl methyl sites for hydroxylation is 2. The maximum atomic E-state index is 12.5.